The Labute approximate surface area is 146 Å². The van der Waals surface area contributed by atoms with Gasteiger partial charge in [0, 0.05) is 30.7 Å². The summed E-state index contributed by atoms with van der Waals surface area (Å²) in [6.45, 7) is 2.00. The van der Waals surface area contributed by atoms with Gasteiger partial charge in [0.15, 0.2) is 5.75 Å². The molecule has 3 aromatic rings. The number of para-hydroxylation sites is 1. The van der Waals surface area contributed by atoms with Crippen molar-refractivity contribution in [3.05, 3.63) is 48.3 Å². The number of fused-ring (bicyclic) bond motifs is 2. The first-order chi connectivity index (χ1) is 11.3. The third-order valence-corrected chi connectivity index (χ3v) is 4.19. The van der Waals surface area contributed by atoms with Gasteiger partial charge < -0.3 is 15.4 Å². The van der Waals surface area contributed by atoms with E-state index in [9.17, 15) is 0 Å². The molecule has 1 aliphatic rings. The van der Waals surface area contributed by atoms with Crippen LogP contribution in [0.25, 0.3) is 22.2 Å². The van der Waals surface area contributed by atoms with E-state index in [0.717, 1.165) is 45.8 Å². The van der Waals surface area contributed by atoms with E-state index in [-0.39, 0.29) is 12.4 Å². The van der Waals surface area contributed by atoms with Gasteiger partial charge in [-0.1, -0.05) is 6.07 Å². The van der Waals surface area contributed by atoms with Gasteiger partial charge in [-0.2, -0.15) is 0 Å². The van der Waals surface area contributed by atoms with Crippen molar-refractivity contribution < 1.29 is 4.74 Å². The van der Waals surface area contributed by atoms with Crippen LogP contribution < -0.4 is 15.4 Å². The summed E-state index contributed by atoms with van der Waals surface area (Å²) >= 11 is 0. The Hall–Kier alpha value is -2.37. The van der Waals surface area contributed by atoms with Crippen LogP contribution >= 0.6 is 12.4 Å². The molecule has 6 heteroatoms. The van der Waals surface area contributed by atoms with E-state index in [1.165, 1.54) is 0 Å². The average Bonchev–Trinajstić information content (AvgIpc) is 2.60. The molecular formula is C18H19ClN4O. The summed E-state index contributed by atoms with van der Waals surface area (Å²) in [4.78, 5) is 11.3. The number of pyridine rings is 2. The van der Waals surface area contributed by atoms with Crippen molar-refractivity contribution in [2.24, 2.45) is 5.73 Å². The highest BCUT2D eigenvalue weighted by Crippen LogP contribution is 2.39. The molecule has 0 saturated heterocycles. The number of halogens is 1. The first kappa shape index (κ1) is 16.5. The predicted molar refractivity (Wildman–Crippen MR) is 98.9 cm³/mol. The number of benzene rings is 1. The minimum atomic E-state index is 0. The predicted octanol–water partition coefficient (Wildman–Crippen LogP) is 3.01. The van der Waals surface area contributed by atoms with Crippen molar-refractivity contribution >= 4 is 29.0 Å². The molecule has 0 saturated carbocycles. The van der Waals surface area contributed by atoms with E-state index in [2.05, 4.69) is 29.1 Å². The van der Waals surface area contributed by atoms with Gasteiger partial charge in [0.2, 0.25) is 0 Å². The first-order valence-electron chi connectivity index (χ1n) is 7.69. The molecular weight excluding hydrogens is 324 g/mol. The Morgan fingerprint density at radius 3 is 2.96 bits per heavy atom. The highest BCUT2D eigenvalue weighted by atomic mass is 35.5. The maximum atomic E-state index is 5.92. The third kappa shape index (κ3) is 2.77. The van der Waals surface area contributed by atoms with E-state index in [1.54, 1.807) is 0 Å². The zero-order valence-electron chi connectivity index (χ0n) is 13.4. The number of nitrogens with zero attached hydrogens (tertiary/aromatic N) is 3. The molecule has 0 amide bonds. The first-order valence-corrected chi connectivity index (χ1v) is 7.69. The van der Waals surface area contributed by atoms with E-state index >= 15 is 0 Å². The van der Waals surface area contributed by atoms with Gasteiger partial charge in [0.1, 0.15) is 6.61 Å². The quantitative estimate of drug-likeness (QED) is 0.775. The Kier molecular flexibility index (Phi) is 4.55. The topological polar surface area (TPSA) is 64.3 Å². The second-order valence-corrected chi connectivity index (χ2v) is 5.69. The van der Waals surface area contributed by atoms with E-state index < -0.39 is 0 Å². The SMILES string of the molecule is CN1CCOc2c(-c3ccc4cnc(CN)cc4n3)cccc21.Cl. The van der Waals surface area contributed by atoms with Crippen molar-refractivity contribution in [3.63, 3.8) is 0 Å². The minimum Gasteiger partial charge on any atom is -0.489 e. The van der Waals surface area contributed by atoms with Crippen LogP contribution in [0.5, 0.6) is 5.75 Å². The summed E-state index contributed by atoms with van der Waals surface area (Å²) < 4.78 is 5.92. The van der Waals surface area contributed by atoms with Gasteiger partial charge in [-0.3, -0.25) is 4.98 Å². The fourth-order valence-electron chi connectivity index (χ4n) is 2.90. The molecule has 1 aromatic carbocycles. The molecule has 0 bridgehead atoms. The molecule has 0 spiro atoms. The maximum absolute atomic E-state index is 5.92. The van der Waals surface area contributed by atoms with Crippen molar-refractivity contribution in [1.82, 2.24) is 9.97 Å². The summed E-state index contributed by atoms with van der Waals surface area (Å²) in [7, 11) is 2.08. The zero-order valence-corrected chi connectivity index (χ0v) is 14.2. The minimum absolute atomic E-state index is 0. The Morgan fingerprint density at radius 1 is 1.25 bits per heavy atom. The molecule has 3 heterocycles. The molecule has 0 radical (unpaired) electrons. The van der Waals surface area contributed by atoms with Crippen LogP contribution in [0.4, 0.5) is 5.69 Å². The fourth-order valence-corrected chi connectivity index (χ4v) is 2.90. The van der Waals surface area contributed by atoms with Crippen LogP contribution in [0.1, 0.15) is 5.69 Å². The van der Waals surface area contributed by atoms with Crippen molar-refractivity contribution in [2.75, 3.05) is 25.1 Å². The summed E-state index contributed by atoms with van der Waals surface area (Å²) in [6, 6.07) is 12.2. The lowest BCUT2D eigenvalue weighted by Crippen LogP contribution is -2.29. The van der Waals surface area contributed by atoms with Gasteiger partial charge in [-0.05, 0) is 30.3 Å². The number of hydrogen-bond donors (Lipinski definition) is 1. The maximum Gasteiger partial charge on any atom is 0.152 e. The molecule has 0 fully saturated rings. The molecule has 2 aromatic heterocycles. The number of ether oxygens (including phenoxy) is 1. The summed E-state index contributed by atoms with van der Waals surface area (Å²) in [5.74, 6) is 0.904. The molecule has 2 N–H and O–H groups in total. The summed E-state index contributed by atoms with van der Waals surface area (Å²) in [5.41, 5.74) is 10.4. The fraction of sp³-hybridized carbons (Fsp3) is 0.222. The van der Waals surface area contributed by atoms with Crippen LogP contribution in [0.15, 0.2) is 42.6 Å². The molecule has 0 atom stereocenters. The number of rotatable bonds is 2. The van der Waals surface area contributed by atoms with Gasteiger partial charge in [0.05, 0.1) is 29.1 Å². The molecule has 5 nitrogen and oxygen atoms in total. The normalized spacial score (nSPS) is 13.2. The molecule has 24 heavy (non-hydrogen) atoms. The van der Waals surface area contributed by atoms with Crippen LogP contribution in [0.3, 0.4) is 0 Å². The highest BCUT2D eigenvalue weighted by Gasteiger charge is 2.19. The van der Waals surface area contributed by atoms with Crippen LogP contribution in [-0.2, 0) is 6.54 Å². The molecule has 0 unspecified atom stereocenters. The molecule has 1 aliphatic heterocycles. The molecule has 4 rings (SSSR count). The van der Waals surface area contributed by atoms with Crippen molar-refractivity contribution in [1.29, 1.82) is 0 Å². The number of likely N-dealkylation sites (N-methyl/N-ethyl adjacent to an activating group) is 1. The smallest absolute Gasteiger partial charge is 0.152 e. The van der Waals surface area contributed by atoms with Crippen LogP contribution in [-0.4, -0.2) is 30.2 Å². The number of hydrogen-bond acceptors (Lipinski definition) is 5. The lowest BCUT2D eigenvalue weighted by atomic mass is 10.1. The van der Waals surface area contributed by atoms with Gasteiger partial charge in [-0.25, -0.2) is 4.98 Å². The summed E-state index contributed by atoms with van der Waals surface area (Å²) in [5, 5.41) is 1.01. The lowest BCUT2D eigenvalue weighted by Gasteiger charge is -2.29. The Balaban J connectivity index is 0.00000169. The van der Waals surface area contributed by atoms with E-state index in [0.29, 0.717) is 13.2 Å². The molecule has 0 aliphatic carbocycles. The van der Waals surface area contributed by atoms with Crippen LogP contribution in [0.2, 0.25) is 0 Å². The van der Waals surface area contributed by atoms with E-state index in [4.69, 9.17) is 15.5 Å². The van der Waals surface area contributed by atoms with Crippen LogP contribution in [0, 0.1) is 0 Å². The largest absolute Gasteiger partial charge is 0.489 e. The number of anilines is 1. The number of aromatic nitrogens is 2. The summed E-state index contributed by atoms with van der Waals surface area (Å²) in [6.07, 6.45) is 1.82. The monoisotopic (exact) mass is 342 g/mol. The molecule has 124 valence electrons. The second-order valence-electron chi connectivity index (χ2n) is 5.69. The van der Waals surface area contributed by atoms with Gasteiger partial charge in [0.25, 0.3) is 0 Å². The van der Waals surface area contributed by atoms with Crippen molar-refractivity contribution in [3.8, 4) is 17.0 Å². The zero-order chi connectivity index (χ0) is 15.8. The van der Waals surface area contributed by atoms with Gasteiger partial charge >= 0.3 is 0 Å². The second kappa shape index (κ2) is 6.63. The Bertz CT molecular complexity index is 884. The average molecular weight is 343 g/mol. The lowest BCUT2D eigenvalue weighted by molar-refractivity contribution is 0.312. The van der Waals surface area contributed by atoms with E-state index in [1.807, 2.05) is 30.5 Å². The highest BCUT2D eigenvalue weighted by molar-refractivity contribution is 5.85. The standard InChI is InChI=1S/C18H18N4O.ClH/c1-22-7-8-23-18-14(3-2-4-17(18)22)15-6-5-12-11-20-13(10-19)9-16(12)21-15;/h2-6,9,11H,7-8,10,19H2,1H3;1H. The Morgan fingerprint density at radius 2 is 2.12 bits per heavy atom. The van der Waals surface area contributed by atoms with Crippen molar-refractivity contribution in [2.45, 2.75) is 6.54 Å². The third-order valence-electron chi connectivity index (χ3n) is 4.19. The van der Waals surface area contributed by atoms with Gasteiger partial charge in [-0.15, -0.1) is 12.4 Å². The number of nitrogens with two attached hydrogens (primary N) is 1.